The SMILES string of the molecule is CCCNC(CCN(CC)C1CC1)c1ccccc1. The Hall–Kier alpha value is -0.860. The van der Waals surface area contributed by atoms with Crippen LogP contribution in [0.1, 0.15) is 51.1 Å². The van der Waals surface area contributed by atoms with Crippen molar-refractivity contribution in [3.05, 3.63) is 35.9 Å². The summed E-state index contributed by atoms with van der Waals surface area (Å²) in [6.45, 7) is 8.04. The van der Waals surface area contributed by atoms with Gasteiger partial charge in [-0.25, -0.2) is 0 Å². The highest BCUT2D eigenvalue weighted by Gasteiger charge is 2.27. The minimum atomic E-state index is 0.508. The van der Waals surface area contributed by atoms with Gasteiger partial charge in [-0.15, -0.1) is 0 Å². The molecule has 1 unspecified atom stereocenters. The van der Waals surface area contributed by atoms with Crippen molar-refractivity contribution in [3.63, 3.8) is 0 Å². The Morgan fingerprint density at radius 2 is 1.95 bits per heavy atom. The lowest BCUT2D eigenvalue weighted by molar-refractivity contribution is 0.259. The zero-order chi connectivity index (χ0) is 13.5. The van der Waals surface area contributed by atoms with Crippen molar-refractivity contribution in [2.24, 2.45) is 0 Å². The third kappa shape index (κ3) is 4.63. The standard InChI is InChI=1S/C17H28N2/c1-3-13-18-17(15-8-6-5-7-9-15)12-14-19(4-2)16-10-11-16/h5-9,16-18H,3-4,10-14H2,1-2H3. The molecule has 2 rings (SSSR count). The number of hydrogen-bond acceptors (Lipinski definition) is 2. The maximum Gasteiger partial charge on any atom is 0.0332 e. The summed E-state index contributed by atoms with van der Waals surface area (Å²) in [7, 11) is 0. The van der Waals surface area contributed by atoms with Crippen LogP contribution in [-0.4, -0.2) is 30.6 Å². The summed E-state index contributed by atoms with van der Waals surface area (Å²) in [6.07, 6.45) is 5.23. The highest BCUT2D eigenvalue weighted by Crippen LogP contribution is 2.27. The molecule has 0 aromatic heterocycles. The largest absolute Gasteiger partial charge is 0.310 e. The summed E-state index contributed by atoms with van der Waals surface area (Å²) < 4.78 is 0. The molecule has 1 saturated carbocycles. The molecule has 0 radical (unpaired) electrons. The molecule has 0 saturated heterocycles. The second-order valence-electron chi connectivity index (χ2n) is 5.57. The van der Waals surface area contributed by atoms with Gasteiger partial charge in [0.2, 0.25) is 0 Å². The second-order valence-corrected chi connectivity index (χ2v) is 5.57. The summed E-state index contributed by atoms with van der Waals surface area (Å²) in [4.78, 5) is 2.64. The maximum atomic E-state index is 3.70. The van der Waals surface area contributed by atoms with Gasteiger partial charge in [0.1, 0.15) is 0 Å². The van der Waals surface area contributed by atoms with Crippen molar-refractivity contribution >= 4 is 0 Å². The Morgan fingerprint density at radius 1 is 1.21 bits per heavy atom. The molecule has 1 aromatic rings. The van der Waals surface area contributed by atoms with Crippen molar-refractivity contribution in [2.45, 2.75) is 51.6 Å². The van der Waals surface area contributed by atoms with E-state index in [2.05, 4.69) is 54.4 Å². The van der Waals surface area contributed by atoms with Gasteiger partial charge in [0.05, 0.1) is 0 Å². The summed E-state index contributed by atoms with van der Waals surface area (Å²) in [6, 6.07) is 12.3. The predicted molar refractivity (Wildman–Crippen MR) is 82.4 cm³/mol. The first-order valence-corrected chi connectivity index (χ1v) is 7.87. The minimum Gasteiger partial charge on any atom is -0.310 e. The van der Waals surface area contributed by atoms with Gasteiger partial charge in [-0.05, 0) is 44.3 Å². The van der Waals surface area contributed by atoms with Gasteiger partial charge in [0.15, 0.2) is 0 Å². The van der Waals surface area contributed by atoms with Crippen LogP contribution < -0.4 is 5.32 Å². The summed E-state index contributed by atoms with van der Waals surface area (Å²) in [5.41, 5.74) is 1.43. The highest BCUT2D eigenvalue weighted by atomic mass is 15.2. The predicted octanol–water partition coefficient (Wildman–Crippen LogP) is 3.60. The lowest BCUT2D eigenvalue weighted by atomic mass is 10.0. The normalized spacial score (nSPS) is 16.8. The Morgan fingerprint density at radius 3 is 2.53 bits per heavy atom. The van der Waals surface area contributed by atoms with E-state index in [0.717, 1.165) is 12.6 Å². The van der Waals surface area contributed by atoms with Crippen LogP contribution in [0.3, 0.4) is 0 Å². The number of nitrogens with zero attached hydrogens (tertiary/aromatic N) is 1. The molecule has 1 atom stereocenters. The molecule has 0 aliphatic heterocycles. The van der Waals surface area contributed by atoms with E-state index in [4.69, 9.17) is 0 Å². The van der Waals surface area contributed by atoms with E-state index in [1.165, 1.54) is 44.3 Å². The van der Waals surface area contributed by atoms with Crippen molar-refractivity contribution in [3.8, 4) is 0 Å². The third-order valence-electron chi connectivity index (χ3n) is 4.02. The van der Waals surface area contributed by atoms with Crippen LogP contribution in [0, 0.1) is 0 Å². The van der Waals surface area contributed by atoms with Crippen LogP contribution in [0.25, 0.3) is 0 Å². The first-order chi connectivity index (χ1) is 9.35. The third-order valence-corrected chi connectivity index (χ3v) is 4.02. The fourth-order valence-corrected chi connectivity index (χ4v) is 2.72. The van der Waals surface area contributed by atoms with Gasteiger partial charge < -0.3 is 10.2 Å². The smallest absolute Gasteiger partial charge is 0.0332 e. The van der Waals surface area contributed by atoms with E-state index in [-0.39, 0.29) is 0 Å². The fraction of sp³-hybridized carbons (Fsp3) is 0.647. The van der Waals surface area contributed by atoms with Crippen LogP contribution in [0.4, 0.5) is 0 Å². The van der Waals surface area contributed by atoms with Crippen molar-refractivity contribution < 1.29 is 0 Å². The topological polar surface area (TPSA) is 15.3 Å². The van der Waals surface area contributed by atoms with Crippen LogP contribution >= 0.6 is 0 Å². The average Bonchev–Trinajstić information content (AvgIpc) is 3.28. The molecular formula is C17H28N2. The molecule has 0 heterocycles. The zero-order valence-electron chi connectivity index (χ0n) is 12.4. The van der Waals surface area contributed by atoms with Crippen LogP contribution in [0.5, 0.6) is 0 Å². The molecule has 2 heteroatoms. The molecule has 0 amide bonds. The summed E-state index contributed by atoms with van der Waals surface area (Å²) in [5.74, 6) is 0. The molecule has 0 bridgehead atoms. The Kier molecular flexibility index (Phi) is 5.87. The average molecular weight is 260 g/mol. The zero-order valence-corrected chi connectivity index (χ0v) is 12.4. The van der Waals surface area contributed by atoms with E-state index in [0.29, 0.717) is 6.04 Å². The molecule has 19 heavy (non-hydrogen) atoms. The summed E-state index contributed by atoms with van der Waals surface area (Å²) >= 11 is 0. The van der Waals surface area contributed by atoms with Crippen molar-refractivity contribution in [1.29, 1.82) is 0 Å². The second kappa shape index (κ2) is 7.66. The van der Waals surface area contributed by atoms with E-state index in [9.17, 15) is 0 Å². The van der Waals surface area contributed by atoms with Crippen molar-refractivity contribution in [1.82, 2.24) is 10.2 Å². The van der Waals surface area contributed by atoms with Crippen molar-refractivity contribution in [2.75, 3.05) is 19.6 Å². The van der Waals surface area contributed by atoms with Gasteiger partial charge >= 0.3 is 0 Å². The van der Waals surface area contributed by atoms with Gasteiger partial charge in [-0.2, -0.15) is 0 Å². The number of hydrogen-bond donors (Lipinski definition) is 1. The number of rotatable bonds is 9. The van der Waals surface area contributed by atoms with Gasteiger partial charge in [-0.1, -0.05) is 44.2 Å². The maximum absolute atomic E-state index is 3.70. The molecule has 1 N–H and O–H groups in total. The van der Waals surface area contributed by atoms with E-state index in [1.807, 2.05) is 0 Å². The number of benzene rings is 1. The molecule has 1 aliphatic carbocycles. The molecule has 1 aliphatic rings. The Labute approximate surface area is 118 Å². The van der Waals surface area contributed by atoms with E-state index < -0.39 is 0 Å². The van der Waals surface area contributed by atoms with Gasteiger partial charge in [0.25, 0.3) is 0 Å². The Balaban J connectivity index is 1.89. The molecule has 1 aromatic carbocycles. The Bertz CT molecular complexity index is 346. The van der Waals surface area contributed by atoms with E-state index >= 15 is 0 Å². The van der Waals surface area contributed by atoms with Gasteiger partial charge in [-0.3, -0.25) is 0 Å². The first kappa shape index (κ1) is 14.5. The lowest BCUT2D eigenvalue weighted by Crippen LogP contribution is -2.31. The number of nitrogens with one attached hydrogen (secondary N) is 1. The molecule has 2 nitrogen and oxygen atoms in total. The lowest BCUT2D eigenvalue weighted by Gasteiger charge is -2.25. The van der Waals surface area contributed by atoms with Crippen LogP contribution in [0.15, 0.2) is 30.3 Å². The molecule has 106 valence electrons. The monoisotopic (exact) mass is 260 g/mol. The molecular weight excluding hydrogens is 232 g/mol. The highest BCUT2D eigenvalue weighted by molar-refractivity contribution is 5.18. The summed E-state index contributed by atoms with van der Waals surface area (Å²) in [5, 5.41) is 3.70. The fourth-order valence-electron chi connectivity index (χ4n) is 2.72. The van der Waals surface area contributed by atoms with Gasteiger partial charge in [0, 0.05) is 18.6 Å². The van der Waals surface area contributed by atoms with E-state index in [1.54, 1.807) is 0 Å². The van der Waals surface area contributed by atoms with Crippen LogP contribution in [0.2, 0.25) is 0 Å². The van der Waals surface area contributed by atoms with Crippen LogP contribution in [-0.2, 0) is 0 Å². The molecule has 0 spiro atoms. The first-order valence-electron chi connectivity index (χ1n) is 7.87. The minimum absolute atomic E-state index is 0.508. The molecule has 1 fully saturated rings. The quantitative estimate of drug-likeness (QED) is 0.730.